The molecule has 0 bridgehead atoms. The molecule has 5 rings (SSSR count). The lowest BCUT2D eigenvalue weighted by Gasteiger charge is -2.22. The molecule has 0 spiro atoms. The Morgan fingerprint density at radius 2 is 1.75 bits per heavy atom. The van der Waals surface area contributed by atoms with Crippen LogP contribution in [0.1, 0.15) is 35.8 Å². The van der Waals surface area contributed by atoms with E-state index >= 15 is 0 Å². The molecule has 4 aromatic rings. The van der Waals surface area contributed by atoms with Gasteiger partial charge in [0.05, 0.1) is 34.3 Å². The first kappa shape index (κ1) is 17.1. The average molecular weight is 374 g/mol. The van der Waals surface area contributed by atoms with Gasteiger partial charge < -0.3 is 10.4 Å². The van der Waals surface area contributed by atoms with Crippen LogP contribution in [0.4, 0.5) is 0 Å². The summed E-state index contributed by atoms with van der Waals surface area (Å²) in [7, 11) is 0. The Morgan fingerprint density at radius 3 is 2.57 bits per heavy atom. The SMILES string of the molecule is Cc1cn2nc(-c3ccc4nc(C5CCNCC5)ccc4n3)c(O)c2c(C)n1. The summed E-state index contributed by atoms with van der Waals surface area (Å²) in [6, 6.07) is 7.93. The number of rotatable bonds is 2. The van der Waals surface area contributed by atoms with Gasteiger partial charge in [0.25, 0.3) is 0 Å². The quantitative estimate of drug-likeness (QED) is 0.560. The standard InChI is InChI=1S/C21H22N6O/c1-12-11-27-20(13(2)23-12)21(28)19(26-27)18-6-5-16-17(25-18)4-3-15(24-16)14-7-9-22-10-8-14/h3-6,11,14,22,28H,7-10H2,1-2H3. The fourth-order valence-electron chi connectivity index (χ4n) is 4.05. The summed E-state index contributed by atoms with van der Waals surface area (Å²) in [6.45, 7) is 5.86. The third-order valence-electron chi connectivity index (χ3n) is 5.45. The monoisotopic (exact) mass is 374 g/mol. The molecule has 142 valence electrons. The molecule has 2 N–H and O–H groups in total. The molecule has 0 amide bonds. The van der Waals surface area contributed by atoms with Gasteiger partial charge in [0, 0.05) is 11.6 Å². The van der Waals surface area contributed by atoms with Crippen LogP contribution in [0, 0.1) is 13.8 Å². The normalized spacial score (nSPS) is 15.5. The summed E-state index contributed by atoms with van der Waals surface area (Å²) in [5.74, 6) is 0.614. The molecule has 28 heavy (non-hydrogen) atoms. The molecule has 0 atom stereocenters. The van der Waals surface area contributed by atoms with E-state index in [0.29, 0.717) is 22.8 Å². The molecule has 0 radical (unpaired) electrons. The highest BCUT2D eigenvalue weighted by molar-refractivity contribution is 5.82. The largest absolute Gasteiger partial charge is 0.504 e. The third kappa shape index (κ3) is 2.79. The molecule has 5 heterocycles. The number of hydrogen-bond acceptors (Lipinski definition) is 6. The highest BCUT2D eigenvalue weighted by Gasteiger charge is 2.19. The van der Waals surface area contributed by atoms with E-state index in [1.807, 2.05) is 32.0 Å². The number of piperidine rings is 1. The van der Waals surface area contributed by atoms with Crippen molar-refractivity contribution in [2.45, 2.75) is 32.6 Å². The second kappa shape index (κ2) is 6.53. The van der Waals surface area contributed by atoms with Crippen LogP contribution in [0.5, 0.6) is 5.75 Å². The van der Waals surface area contributed by atoms with Crippen molar-refractivity contribution in [3.63, 3.8) is 0 Å². The average Bonchev–Trinajstić information content (AvgIpc) is 3.04. The Hall–Kier alpha value is -3.06. The van der Waals surface area contributed by atoms with Crippen LogP contribution in [0.15, 0.2) is 30.5 Å². The van der Waals surface area contributed by atoms with Gasteiger partial charge in [0.1, 0.15) is 5.52 Å². The lowest BCUT2D eigenvalue weighted by Crippen LogP contribution is -2.27. The van der Waals surface area contributed by atoms with E-state index in [0.717, 1.165) is 54.0 Å². The number of fused-ring (bicyclic) bond motifs is 2. The van der Waals surface area contributed by atoms with Gasteiger partial charge in [-0.2, -0.15) is 5.10 Å². The minimum absolute atomic E-state index is 0.108. The predicted octanol–water partition coefficient (Wildman–Crippen LogP) is 3.13. The van der Waals surface area contributed by atoms with E-state index in [1.165, 1.54) is 0 Å². The predicted molar refractivity (Wildman–Crippen MR) is 108 cm³/mol. The van der Waals surface area contributed by atoms with Crippen molar-refractivity contribution >= 4 is 16.6 Å². The number of aromatic hydroxyl groups is 1. The molecule has 1 fully saturated rings. The summed E-state index contributed by atoms with van der Waals surface area (Å²) < 4.78 is 1.67. The van der Waals surface area contributed by atoms with Crippen molar-refractivity contribution in [3.8, 4) is 17.1 Å². The molecular weight excluding hydrogens is 352 g/mol. The zero-order chi connectivity index (χ0) is 19.3. The first-order chi connectivity index (χ1) is 13.6. The highest BCUT2D eigenvalue weighted by Crippen LogP contribution is 2.33. The summed E-state index contributed by atoms with van der Waals surface area (Å²) in [6.07, 6.45) is 4.04. The molecule has 4 aromatic heterocycles. The summed E-state index contributed by atoms with van der Waals surface area (Å²) in [5, 5.41) is 18.6. The first-order valence-electron chi connectivity index (χ1n) is 9.64. The molecular formula is C21H22N6O. The molecule has 0 saturated carbocycles. The van der Waals surface area contributed by atoms with Crippen LogP contribution >= 0.6 is 0 Å². The van der Waals surface area contributed by atoms with E-state index in [1.54, 1.807) is 10.7 Å². The van der Waals surface area contributed by atoms with Crippen molar-refractivity contribution < 1.29 is 5.11 Å². The van der Waals surface area contributed by atoms with E-state index in [-0.39, 0.29) is 5.75 Å². The minimum Gasteiger partial charge on any atom is -0.504 e. The maximum Gasteiger partial charge on any atom is 0.173 e. The minimum atomic E-state index is 0.108. The number of aromatic nitrogens is 5. The van der Waals surface area contributed by atoms with Gasteiger partial charge in [-0.25, -0.2) is 9.50 Å². The van der Waals surface area contributed by atoms with Crippen LogP contribution in [0.25, 0.3) is 27.9 Å². The van der Waals surface area contributed by atoms with Crippen LogP contribution < -0.4 is 5.32 Å². The zero-order valence-corrected chi connectivity index (χ0v) is 16.0. The fraction of sp³-hybridized carbons (Fsp3) is 0.333. The molecule has 7 nitrogen and oxygen atoms in total. The van der Waals surface area contributed by atoms with Gasteiger partial charge >= 0.3 is 0 Å². The van der Waals surface area contributed by atoms with Crippen LogP contribution in [-0.2, 0) is 0 Å². The van der Waals surface area contributed by atoms with Crippen LogP contribution in [0.2, 0.25) is 0 Å². The Balaban J connectivity index is 1.57. The number of nitrogens with one attached hydrogen (secondary N) is 1. The number of nitrogens with zero attached hydrogens (tertiary/aromatic N) is 5. The highest BCUT2D eigenvalue weighted by atomic mass is 16.3. The third-order valence-corrected chi connectivity index (χ3v) is 5.45. The summed E-state index contributed by atoms with van der Waals surface area (Å²) in [5.41, 5.74) is 6.10. The fourth-order valence-corrected chi connectivity index (χ4v) is 4.05. The Morgan fingerprint density at radius 1 is 1.00 bits per heavy atom. The summed E-state index contributed by atoms with van der Waals surface area (Å²) in [4.78, 5) is 14.0. The van der Waals surface area contributed by atoms with E-state index in [2.05, 4.69) is 21.5 Å². The van der Waals surface area contributed by atoms with Crippen molar-refractivity contribution in [1.82, 2.24) is 29.9 Å². The van der Waals surface area contributed by atoms with Crippen LogP contribution in [0.3, 0.4) is 0 Å². The molecule has 0 aliphatic carbocycles. The second-order valence-corrected chi connectivity index (χ2v) is 7.45. The molecule has 0 aromatic carbocycles. The first-order valence-corrected chi connectivity index (χ1v) is 9.64. The summed E-state index contributed by atoms with van der Waals surface area (Å²) >= 11 is 0. The number of aryl methyl sites for hydroxylation is 2. The maximum absolute atomic E-state index is 10.7. The lowest BCUT2D eigenvalue weighted by atomic mass is 9.94. The van der Waals surface area contributed by atoms with Crippen molar-refractivity contribution in [1.29, 1.82) is 0 Å². The van der Waals surface area contributed by atoms with Crippen molar-refractivity contribution in [2.24, 2.45) is 0 Å². The molecule has 1 saturated heterocycles. The van der Waals surface area contributed by atoms with Gasteiger partial charge in [0.15, 0.2) is 11.4 Å². The Labute approximate surface area is 162 Å². The van der Waals surface area contributed by atoms with E-state index < -0.39 is 0 Å². The number of hydrogen-bond donors (Lipinski definition) is 2. The van der Waals surface area contributed by atoms with Gasteiger partial charge in [-0.1, -0.05) is 0 Å². The van der Waals surface area contributed by atoms with Gasteiger partial charge in [0.2, 0.25) is 0 Å². The van der Waals surface area contributed by atoms with Gasteiger partial charge in [-0.3, -0.25) is 9.97 Å². The van der Waals surface area contributed by atoms with E-state index in [9.17, 15) is 5.11 Å². The topological polar surface area (TPSA) is 88.2 Å². The van der Waals surface area contributed by atoms with Gasteiger partial charge in [-0.05, 0) is 64.0 Å². The molecule has 7 heteroatoms. The van der Waals surface area contributed by atoms with Crippen molar-refractivity contribution in [2.75, 3.05) is 13.1 Å². The molecule has 1 aliphatic heterocycles. The molecule has 1 aliphatic rings. The van der Waals surface area contributed by atoms with E-state index in [4.69, 9.17) is 9.97 Å². The van der Waals surface area contributed by atoms with Crippen LogP contribution in [-0.4, -0.2) is 42.8 Å². The van der Waals surface area contributed by atoms with Crippen molar-refractivity contribution in [3.05, 3.63) is 47.5 Å². The Kier molecular flexibility index (Phi) is 3.98. The number of pyridine rings is 2. The Bertz CT molecular complexity index is 1190. The van der Waals surface area contributed by atoms with Gasteiger partial charge in [-0.15, -0.1) is 0 Å². The maximum atomic E-state index is 10.7. The smallest absolute Gasteiger partial charge is 0.173 e. The second-order valence-electron chi connectivity index (χ2n) is 7.45. The molecule has 0 unspecified atom stereocenters. The zero-order valence-electron chi connectivity index (χ0n) is 16.0. The lowest BCUT2D eigenvalue weighted by molar-refractivity contribution is 0.454.